The number of phenolic OH excluding ortho intramolecular Hbond substituents is 1. The van der Waals surface area contributed by atoms with Crippen LogP contribution in [-0.4, -0.2) is 78.0 Å². The van der Waals surface area contributed by atoms with Gasteiger partial charge in [-0.05, 0) is 127 Å². The van der Waals surface area contributed by atoms with E-state index >= 15 is 0 Å². The molecule has 0 bridgehead atoms. The van der Waals surface area contributed by atoms with Crippen molar-refractivity contribution in [1.82, 2.24) is 15.1 Å². The molecule has 3 aliphatic rings. The van der Waals surface area contributed by atoms with E-state index in [4.69, 9.17) is 4.74 Å². The number of hydrogen-bond donors (Lipinski definition) is 2. The van der Waals surface area contributed by atoms with E-state index < -0.39 is 6.04 Å². The van der Waals surface area contributed by atoms with Gasteiger partial charge in [0.1, 0.15) is 17.5 Å². The van der Waals surface area contributed by atoms with E-state index in [0.29, 0.717) is 25.1 Å². The van der Waals surface area contributed by atoms with Crippen molar-refractivity contribution >= 4 is 34.6 Å². The summed E-state index contributed by atoms with van der Waals surface area (Å²) in [7, 11) is 0. The molecule has 4 aromatic rings. The zero-order valence-electron chi connectivity index (χ0n) is 31.1. The smallest absolute Gasteiger partial charge is 0.255 e. The number of aromatic hydroxyl groups is 1. The number of allylic oxidation sites excluding steroid dienone is 1. The topological polar surface area (TPSA) is 102 Å². The standard InChI is InChI=1S/C45H50N4O5/c1-2-39(32-10-5-3-6-11-32)43(33-12-17-37(50)18-13-33)34-14-19-38(20-15-34)54-29-8-4-7-24-47-25-9-26-48(28-27-47)36-16-21-40-35(30-36)31-49(45(40)53)41-22-23-42(51)46-44(41)52/h3,5-6,10-21,30,41,50H,2,4,7-9,22-29,31H2,1H3,(H,46,51,52)/b43-39-. The first-order valence-corrected chi connectivity index (χ1v) is 19.4. The van der Waals surface area contributed by atoms with Gasteiger partial charge in [-0.15, -0.1) is 0 Å². The van der Waals surface area contributed by atoms with Gasteiger partial charge >= 0.3 is 0 Å². The van der Waals surface area contributed by atoms with Gasteiger partial charge < -0.3 is 24.5 Å². The van der Waals surface area contributed by atoms with Crippen molar-refractivity contribution in [2.45, 2.75) is 64.5 Å². The first-order chi connectivity index (χ1) is 26.4. The number of carbonyl (C=O) groups is 3. The molecule has 2 fully saturated rings. The molecule has 54 heavy (non-hydrogen) atoms. The minimum absolute atomic E-state index is 0.130. The number of rotatable bonds is 13. The Labute approximate surface area is 318 Å². The second kappa shape index (κ2) is 17.2. The highest BCUT2D eigenvalue weighted by molar-refractivity contribution is 6.05. The second-order valence-corrected chi connectivity index (χ2v) is 14.5. The number of unbranched alkanes of at least 4 members (excludes halogenated alkanes) is 2. The highest BCUT2D eigenvalue weighted by Crippen LogP contribution is 2.36. The number of anilines is 1. The normalized spacial score (nSPS) is 18.2. The first kappa shape index (κ1) is 36.9. The van der Waals surface area contributed by atoms with Gasteiger partial charge in [-0.1, -0.05) is 61.5 Å². The summed E-state index contributed by atoms with van der Waals surface area (Å²) in [5.74, 6) is 0.347. The summed E-state index contributed by atoms with van der Waals surface area (Å²) in [6.07, 6.45) is 5.81. The van der Waals surface area contributed by atoms with Gasteiger partial charge in [-0.25, -0.2) is 0 Å². The SMILES string of the molecule is CC/C(=C(\c1ccc(O)cc1)c1ccc(OCCCCCN2CCCN(c3ccc4c(c3)CN(C3CCC(=O)NC3=O)C4=O)CC2)cc1)c1ccccc1. The first-order valence-electron chi connectivity index (χ1n) is 19.4. The van der Waals surface area contributed by atoms with E-state index in [1.54, 1.807) is 17.0 Å². The second-order valence-electron chi connectivity index (χ2n) is 14.5. The average molecular weight is 727 g/mol. The van der Waals surface area contributed by atoms with Crippen molar-refractivity contribution in [3.8, 4) is 11.5 Å². The van der Waals surface area contributed by atoms with Crippen molar-refractivity contribution in [3.05, 3.63) is 125 Å². The number of nitrogens with zero attached hydrogens (tertiary/aromatic N) is 3. The van der Waals surface area contributed by atoms with E-state index in [1.807, 2.05) is 30.3 Å². The summed E-state index contributed by atoms with van der Waals surface area (Å²) < 4.78 is 6.17. The molecule has 3 heterocycles. The Bertz CT molecular complexity index is 1980. The van der Waals surface area contributed by atoms with E-state index in [1.165, 1.54) is 11.1 Å². The third-order valence-corrected chi connectivity index (χ3v) is 10.9. The third-order valence-electron chi connectivity index (χ3n) is 10.9. The van der Waals surface area contributed by atoms with Crippen LogP contribution in [0.5, 0.6) is 11.5 Å². The van der Waals surface area contributed by atoms with Gasteiger partial charge in [0.2, 0.25) is 11.8 Å². The van der Waals surface area contributed by atoms with Crippen LogP contribution in [0, 0.1) is 0 Å². The van der Waals surface area contributed by atoms with Crippen LogP contribution in [0.15, 0.2) is 97.1 Å². The van der Waals surface area contributed by atoms with E-state index in [-0.39, 0.29) is 29.9 Å². The molecule has 3 amide bonds. The van der Waals surface area contributed by atoms with Crippen LogP contribution in [0.2, 0.25) is 0 Å². The number of nitrogens with one attached hydrogen (secondary N) is 1. The Hall–Kier alpha value is -5.41. The van der Waals surface area contributed by atoms with Crippen LogP contribution in [0.25, 0.3) is 11.1 Å². The average Bonchev–Trinajstić information content (AvgIpc) is 3.33. The number of ether oxygens (including phenoxy) is 1. The van der Waals surface area contributed by atoms with Gasteiger partial charge in [0, 0.05) is 43.9 Å². The quantitative estimate of drug-likeness (QED) is 0.0849. The number of hydrogen-bond acceptors (Lipinski definition) is 7. The van der Waals surface area contributed by atoms with Crippen LogP contribution < -0.4 is 15.0 Å². The largest absolute Gasteiger partial charge is 0.508 e. The Morgan fingerprint density at radius 2 is 1.57 bits per heavy atom. The van der Waals surface area contributed by atoms with Crippen LogP contribution in [0.4, 0.5) is 5.69 Å². The monoisotopic (exact) mass is 726 g/mol. The van der Waals surface area contributed by atoms with Crippen LogP contribution >= 0.6 is 0 Å². The molecule has 0 saturated carbocycles. The van der Waals surface area contributed by atoms with Gasteiger partial charge in [0.25, 0.3) is 5.91 Å². The minimum atomic E-state index is -0.593. The summed E-state index contributed by atoms with van der Waals surface area (Å²) in [6, 6.07) is 31.8. The lowest BCUT2D eigenvalue weighted by molar-refractivity contribution is -0.136. The summed E-state index contributed by atoms with van der Waals surface area (Å²) in [5.41, 5.74) is 8.52. The summed E-state index contributed by atoms with van der Waals surface area (Å²) in [6.45, 7) is 8.28. The van der Waals surface area contributed by atoms with Crippen LogP contribution in [0.1, 0.15) is 84.5 Å². The van der Waals surface area contributed by atoms with Crippen molar-refractivity contribution < 1.29 is 24.2 Å². The number of piperidine rings is 1. The molecule has 9 nitrogen and oxygen atoms in total. The molecule has 7 rings (SSSR count). The summed E-state index contributed by atoms with van der Waals surface area (Å²) in [5, 5.41) is 12.3. The van der Waals surface area contributed by atoms with Crippen LogP contribution in [0.3, 0.4) is 0 Å². The maximum Gasteiger partial charge on any atom is 0.255 e. The number of imide groups is 1. The van der Waals surface area contributed by atoms with E-state index in [2.05, 4.69) is 76.6 Å². The molecule has 1 unspecified atom stereocenters. The molecule has 0 aromatic heterocycles. The predicted octanol–water partition coefficient (Wildman–Crippen LogP) is 7.28. The molecule has 280 valence electrons. The lowest BCUT2D eigenvalue weighted by Crippen LogP contribution is -2.52. The summed E-state index contributed by atoms with van der Waals surface area (Å²) in [4.78, 5) is 43.8. The third kappa shape index (κ3) is 8.52. The van der Waals surface area contributed by atoms with Crippen molar-refractivity contribution in [2.24, 2.45) is 0 Å². The molecular weight excluding hydrogens is 677 g/mol. The Kier molecular flexibility index (Phi) is 11.7. The van der Waals surface area contributed by atoms with Gasteiger partial charge in [-0.2, -0.15) is 0 Å². The van der Waals surface area contributed by atoms with Crippen molar-refractivity contribution in [3.63, 3.8) is 0 Å². The molecule has 1 atom stereocenters. The molecule has 3 aliphatic heterocycles. The van der Waals surface area contributed by atoms with E-state index in [9.17, 15) is 19.5 Å². The predicted molar refractivity (Wildman–Crippen MR) is 212 cm³/mol. The molecule has 2 N–H and O–H groups in total. The summed E-state index contributed by atoms with van der Waals surface area (Å²) >= 11 is 0. The molecule has 0 aliphatic carbocycles. The minimum Gasteiger partial charge on any atom is -0.508 e. The maximum atomic E-state index is 13.1. The lowest BCUT2D eigenvalue weighted by atomic mass is 9.88. The molecule has 2 saturated heterocycles. The lowest BCUT2D eigenvalue weighted by Gasteiger charge is -2.29. The van der Waals surface area contributed by atoms with Gasteiger partial charge in [0.05, 0.1) is 6.61 Å². The fourth-order valence-electron chi connectivity index (χ4n) is 8.04. The Morgan fingerprint density at radius 1 is 0.815 bits per heavy atom. The van der Waals surface area contributed by atoms with Crippen molar-refractivity contribution in [1.29, 1.82) is 0 Å². The Morgan fingerprint density at radius 3 is 2.31 bits per heavy atom. The number of fused-ring (bicyclic) bond motifs is 1. The van der Waals surface area contributed by atoms with Crippen molar-refractivity contribution in [2.75, 3.05) is 44.2 Å². The molecule has 9 heteroatoms. The van der Waals surface area contributed by atoms with Gasteiger partial charge in [-0.3, -0.25) is 19.7 Å². The Balaban J connectivity index is 0.866. The molecule has 0 spiro atoms. The van der Waals surface area contributed by atoms with Gasteiger partial charge in [0.15, 0.2) is 0 Å². The highest BCUT2D eigenvalue weighted by Gasteiger charge is 2.39. The number of phenols is 1. The molecular formula is C45H50N4O5. The number of carbonyl (C=O) groups excluding carboxylic acids is 3. The van der Waals surface area contributed by atoms with E-state index in [0.717, 1.165) is 98.5 Å². The zero-order valence-corrected chi connectivity index (χ0v) is 31.1. The maximum absolute atomic E-state index is 13.1. The van der Waals surface area contributed by atoms with Crippen LogP contribution in [-0.2, 0) is 16.1 Å². The number of benzene rings is 4. The highest BCUT2D eigenvalue weighted by atomic mass is 16.5. The zero-order chi connectivity index (χ0) is 37.4. The molecule has 4 aromatic carbocycles. The fraction of sp³-hybridized carbons (Fsp3) is 0.356. The number of amides is 3. The fourth-order valence-corrected chi connectivity index (χ4v) is 8.04. The molecule has 0 radical (unpaired) electrons.